The highest BCUT2D eigenvalue weighted by Crippen LogP contribution is 2.20. The molecule has 0 aliphatic carbocycles. The lowest BCUT2D eigenvalue weighted by Crippen LogP contribution is -2.59. The molecule has 0 saturated carbocycles. The van der Waals surface area contributed by atoms with Crippen LogP contribution in [0.5, 0.6) is 0 Å². The minimum atomic E-state index is -1.11. The van der Waals surface area contributed by atoms with Gasteiger partial charge in [-0.3, -0.25) is 28.7 Å². The summed E-state index contributed by atoms with van der Waals surface area (Å²) < 4.78 is 7.74. The maximum Gasteiger partial charge on any atom is 0.272 e. The fraction of sp³-hybridized carbons (Fsp3) is 0.533. The third-order valence-electron chi connectivity index (χ3n) is 7.58. The lowest BCUT2D eigenvalue weighted by Gasteiger charge is -2.38. The number of carbonyl (C=O) groups excluding carboxylic acids is 5. The van der Waals surface area contributed by atoms with Crippen LogP contribution in [0.3, 0.4) is 0 Å². The van der Waals surface area contributed by atoms with Gasteiger partial charge >= 0.3 is 0 Å². The molecule has 2 aromatic rings. The molecule has 2 saturated heterocycles. The van der Waals surface area contributed by atoms with Crippen molar-refractivity contribution in [2.45, 2.75) is 70.9 Å². The molecule has 43 heavy (non-hydrogen) atoms. The molecule has 2 bridgehead atoms. The van der Waals surface area contributed by atoms with Crippen molar-refractivity contribution in [3.05, 3.63) is 53.3 Å². The van der Waals surface area contributed by atoms with Gasteiger partial charge in [0.15, 0.2) is 6.10 Å². The van der Waals surface area contributed by atoms with Gasteiger partial charge < -0.3 is 30.5 Å². The van der Waals surface area contributed by atoms with Crippen LogP contribution in [0.1, 0.15) is 55.4 Å². The van der Waals surface area contributed by atoms with Crippen LogP contribution in [0.25, 0.3) is 0 Å². The second-order valence-corrected chi connectivity index (χ2v) is 11.4. The second kappa shape index (κ2) is 13.8. The van der Waals surface area contributed by atoms with Gasteiger partial charge in [-0.05, 0) is 31.4 Å². The van der Waals surface area contributed by atoms with Crippen molar-refractivity contribution < 1.29 is 28.7 Å². The third kappa shape index (κ3) is 7.78. The van der Waals surface area contributed by atoms with Crippen molar-refractivity contribution in [3.63, 3.8) is 0 Å². The first-order valence-corrected chi connectivity index (χ1v) is 14.7. The Morgan fingerprint density at radius 1 is 1.07 bits per heavy atom. The molecule has 1 aromatic heterocycles. The number of morpholine rings is 1. The van der Waals surface area contributed by atoms with E-state index < -0.39 is 47.9 Å². The van der Waals surface area contributed by atoms with Crippen LogP contribution in [-0.4, -0.2) is 107 Å². The van der Waals surface area contributed by atoms with Crippen LogP contribution in [0.4, 0.5) is 0 Å². The first-order chi connectivity index (χ1) is 20.5. The lowest BCUT2D eigenvalue weighted by molar-refractivity contribution is -0.148. The molecule has 4 atom stereocenters. The highest BCUT2D eigenvalue weighted by molar-refractivity contribution is 5.95. The zero-order chi connectivity index (χ0) is 31.3. The molecule has 3 heterocycles. The van der Waals surface area contributed by atoms with Gasteiger partial charge in [-0.15, -0.1) is 0 Å². The normalized spacial score (nSPS) is 24.1. The monoisotopic (exact) mass is 595 g/mol. The Bertz CT molecular complexity index is 1340. The summed E-state index contributed by atoms with van der Waals surface area (Å²) in [6.07, 6.45) is -1.65. The highest BCUT2D eigenvalue weighted by Gasteiger charge is 2.38. The average molecular weight is 596 g/mol. The van der Waals surface area contributed by atoms with Crippen LogP contribution < -0.4 is 16.0 Å². The van der Waals surface area contributed by atoms with E-state index in [1.165, 1.54) is 23.8 Å². The summed E-state index contributed by atoms with van der Waals surface area (Å²) in [6.45, 7) is 7.68. The maximum absolute atomic E-state index is 13.8. The number of amides is 5. The number of nitrogens with one attached hydrogen (secondary N) is 3. The molecule has 0 unspecified atom stereocenters. The van der Waals surface area contributed by atoms with E-state index in [4.69, 9.17) is 4.74 Å². The number of rotatable bonds is 5. The van der Waals surface area contributed by atoms with Gasteiger partial charge in [0.1, 0.15) is 17.8 Å². The van der Waals surface area contributed by atoms with Gasteiger partial charge in [-0.2, -0.15) is 5.10 Å². The Balaban J connectivity index is 1.65. The number of nitrogens with zero attached hydrogens (tertiary/aromatic N) is 4. The van der Waals surface area contributed by atoms with Crippen molar-refractivity contribution in [2.75, 3.05) is 33.2 Å². The minimum absolute atomic E-state index is 0.00314. The predicted molar refractivity (Wildman–Crippen MR) is 157 cm³/mol. The number of benzene rings is 1. The lowest BCUT2D eigenvalue weighted by atomic mass is 10.0. The van der Waals surface area contributed by atoms with E-state index in [9.17, 15) is 24.0 Å². The number of hydrogen-bond donors (Lipinski definition) is 3. The molecule has 2 aliphatic rings. The van der Waals surface area contributed by atoms with Crippen molar-refractivity contribution in [2.24, 2.45) is 0 Å². The molecule has 1 aromatic carbocycles. The van der Waals surface area contributed by atoms with Gasteiger partial charge in [0.25, 0.3) is 11.8 Å². The molecule has 5 amide bonds. The Morgan fingerprint density at radius 3 is 2.47 bits per heavy atom. The quantitative estimate of drug-likeness (QED) is 0.442. The molecule has 232 valence electrons. The van der Waals surface area contributed by atoms with Crippen LogP contribution in [-0.2, 0) is 36.9 Å². The smallest absolute Gasteiger partial charge is 0.272 e. The van der Waals surface area contributed by atoms with E-state index in [2.05, 4.69) is 21.0 Å². The average Bonchev–Trinajstić information content (AvgIpc) is 3.43. The number of ether oxygens (including phenoxy) is 1. The van der Waals surface area contributed by atoms with E-state index in [-0.39, 0.29) is 44.4 Å². The molecule has 4 rings (SSSR count). The summed E-state index contributed by atoms with van der Waals surface area (Å²) >= 11 is 0. The Labute approximate surface area is 251 Å². The topological polar surface area (TPSA) is 155 Å². The number of likely N-dealkylation sites (N-methyl/N-ethyl adjacent to an activating group) is 1. The summed E-state index contributed by atoms with van der Waals surface area (Å²) in [7, 11) is 1.46. The molecule has 2 aliphatic heterocycles. The molecule has 13 heteroatoms. The Morgan fingerprint density at radius 2 is 1.79 bits per heavy atom. The molecular weight excluding hydrogens is 554 g/mol. The van der Waals surface area contributed by atoms with Crippen LogP contribution >= 0.6 is 0 Å². The summed E-state index contributed by atoms with van der Waals surface area (Å²) in [4.78, 5) is 69.2. The largest absolute Gasteiger partial charge is 0.360 e. The molecule has 2 fully saturated rings. The highest BCUT2D eigenvalue weighted by atomic mass is 16.5. The van der Waals surface area contributed by atoms with Gasteiger partial charge in [0.2, 0.25) is 17.7 Å². The Hall–Kier alpha value is -4.26. The Kier molecular flexibility index (Phi) is 10.2. The van der Waals surface area contributed by atoms with Gasteiger partial charge in [0, 0.05) is 33.1 Å². The zero-order valence-electron chi connectivity index (χ0n) is 25.3. The van der Waals surface area contributed by atoms with E-state index in [1.54, 1.807) is 10.7 Å². The van der Waals surface area contributed by atoms with Crippen LogP contribution in [0, 0.1) is 0 Å². The van der Waals surface area contributed by atoms with E-state index in [0.717, 1.165) is 11.3 Å². The maximum atomic E-state index is 13.8. The summed E-state index contributed by atoms with van der Waals surface area (Å²) in [5.74, 6) is -2.22. The number of aryl methyl sites for hydroxylation is 1. The first-order valence-electron chi connectivity index (χ1n) is 14.7. The third-order valence-corrected chi connectivity index (χ3v) is 7.58. The van der Waals surface area contributed by atoms with Crippen molar-refractivity contribution >= 4 is 29.5 Å². The van der Waals surface area contributed by atoms with Crippen LogP contribution in [0.15, 0.2) is 36.4 Å². The molecule has 13 nitrogen and oxygen atoms in total. The van der Waals surface area contributed by atoms with E-state index in [1.807, 2.05) is 51.1 Å². The molecule has 0 radical (unpaired) electrons. The zero-order valence-corrected chi connectivity index (χ0v) is 25.3. The van der Waals surface area contributed by atoms with Crippen molar-refractivity contribution in [1.82, 2.24) is 35.5 Å². The number of aromatic nitrogens is 2. The molecular formula is C30H41N7O6. The fourth-order valence-electron chi connectivity index (χ4n) is 5.15. The summed E-state index contributed by atoms with van der Waals surface area (Å²) in [5, 5.41) is 12.7. The fourth-order valence-corrected chi connectivity index (χ4v) is 5.15. The number of fused-ring (bicyclic) bond motifs is 2. The van der Waals surface area contributed by atoms with Gasteiger partial charge in [-0.1, -0.05) is 44.2 Å². The van der Waals surface area contributed by atoms with E-state index >= 15 is 0 Å². The minimum Gasteiger partial charge on any atom is -0.360 e. The standard InChI is InChI=1S/C30H41N7O6/c1-6-37-24(13-22(34-37)18(2)3)30(42)36-15-21-14-31-27(39)19(4)32-26(38)17-35(5)29(41)23(12-20-10-8-7-9-11-20)33-28(40)25(16-36)43-21/h7-11,13,18-19,21,23,25H,6,12,14-17H2,1-5H3,(H,31,39)(H,32,38)(H,33,40)/t19-,21+,23-,25-/m1/s1. The molecule has 3 N–H and O–H groups in total. The SMILES string of the molecule is CCn1nc(C(C)C)cc1C(=O)N1C[C@@H]2CNC(=O)[C@@H](C)NC(=O)CN(C)C(=O)[C@@H](Cc3ccccc3)NC(=O)[C@@H](C1)O2. The summed E-state index contributed by atoms with van der Waals surface area (Å²) in [6, 6.07) is 9.09. The van der Waals surface area contributed by atoms with E-state index in [0.29, 0.717) is 12.2 Å². The predicted octanol–water partition coefficient (Wildman–Crippen LogP) is 0.0564. The second-order valence-electron chi connectivity index (χ2n) is 11.4. The van der Waals surface area contributed by atoms with Gasteiger partial charge in [-0.25, -0.2) is 0 Å². The number of carbonyl (C=O) groups is 5. The van der Waals surface area contributed by atoms with Gasteiger partial charge in [0.05, 0.1) is 24.9 Å². The van der Waals surface area contributed by atoms with Crippen molar-refractivity contribution in [1.29, 1.82) is 0 Å². The van der Waals surface area contributed by atoms with Crippen LogP contribution in [0.2, 0.25) is 0 Å². The van der Waals surface area contributed by atoms with Crippen molar-refractivity contribution in [3.8, 4) is 0 Å². The summed E-state index contributed by atoms with van der Waals surface area (Å²) in [5.41, 5.74) is 1.99. The molecule has 0 spiro atoms. The first kappa shape index (κ1) is 31.7. The number of hydrogen-bond acceptors (Lipinski definition) is 7.